The van der Waals surface area contributed by atoms with E-state index in [0.717, 1.165) is 0 Å². The van der Waals surface area contributed by atoms with Crippen LogP contribution in [-0.2, 0) is 10.0 Å². The maximum absolute atomic E-state index is 11.9. The van der Waals surface area contributed by atoms with Crippen molar-refractivity contribution in [2.75, 3.05) is 13.2 Å². The van der Waals surface area contributed by atoms with Gasteiger partial charge in [0.25, 0.3) is 0 Å². The number of aliphatic hydroxyl groups is 2. The number of rotatable bonds is 5. The van der Waals surface area contributed by atoms with Gasteiger partial charge in [0.15, 0.2) is 0 Å². The van der Waals surface area contributed by atoms with Crippen LogP contribution >= 0.6 is 0 Å². The minimum Gasteiger partial charge on any atom is -0.393 e. The highest BCUT2D eigenvalue weighted by atomic mass is 32.2. The van der Waals surface area contributed by atoms with Gasteiger partial charge in [0, 0.05) is 6.54 Å². The first-order valence-electron chi connectivity index (χ1n) is 5.17. The monoisotopic (exact) mass is 259 g/mol. The molecule has 0 saturated carbocycles. The summed E-state index contributed by atoms with van der Waals surface area (Å²) < 4.78 is 26.1. The lowest BCUT2D eigenvalue weighted by Crippen LogP contribution is -2.43. The molecule has 0 aliphatic heterocycles. The number of aliphatic hydroxyl groups excluding tert-OH is 1. The first-order chi connectivity index (χ1) is 7.78. The van der Waals surface area contributed by atoms with Crippen LogP contribution in [0.1, 0.15) is 12.5 Å². The van der Waals surface area contributed by atoms with Crippen molar-refractivity contribution in [2.24, 2.45) is 0 Å². The van der Waals surface area contributed by atoms with E-state index in [1.165, 1.54) is 13.0 Å². The minimum atomic E-state index is -3.66. The molecule has 1 atom stereocenters. The van der Waals surface area contributed by atoms with Gasteiger partial charge in [-0.3, -0.25) is 0 Å². The lowest BCUT2D eigenvalue weighted by molar-refractivity contribution is 0.00681. The molecule has 5 nitrogen and oxygen atoms in total. The Morgan fingerprint density at radius 2 is 1.94 bits per heavy atom. The van der Waals surface area contributed by atoms with Crippen molar-refractivity contribution in [1.29, 1.82) is 0 Å². The molecule has 0 amide bonds. The Hall–Kier alpha value is -0.950. The topological polar surface area (TPSA) is 86.6 Å². The summed E-state index contributed by atoms with van der Waals surface area (Å²) in [7, 11) is -3.66. The highest BCUT2D eigenvalue weighted by molar-refractivity contribution is 7.89. The third-order valence-electron chi connectivity index (χ3n) is 2.37. The second kappa shape index (κ2) is 5.14. The molecule has 0 bridgehead atoms. The molecular formula is C11H17NO4S. The Labute approximate surface area is 101 Å². The maximum Gasteiger partial charge on any atom is 0.240 e. The fraction of sp³-hybridized carbons (Fsp3) is 0.455. The molecule has 0 saturated heterocycles. The smallest absolute Gasteiger partial charge is 0.240 e. The Morgan fingerprint density at radius 1 is 1.35 bits per heavy atom. The molecule has 1 aromatic rings. The number of hydrogen-bond donors (Lipinski definition) is 3. The van der Waals surface area contributed by atoms with Crippen molar-refractivity contribution in [1.82, 2.24) is 4.72 Å². The molecular weight excluding hydrogens is 242 g/mol. The lowest BCUT2D eigenvalue weighted by Gasteiger charge is -2.20. The van der Waals surface area contributed by atoms with E-state index in [-0.39, 0.29) is 11.4 Å². The predicted octanol–water partition coefficient (Wildman–Crippen LogP) is 0.0166. The summed E-state index contributed by atoms with van der Waals surface area (Å²) in [6, 6.07) is 6.56. The summed E-state index contributed by atoms with van der Waals surface area (Å²) in [5.41, 5.74) is -0.834. The van der Waals surface area contributed by atoms with Crippen LogP contribution in [0.3, 0.4) is 0 Å². The van der Waals surface area contributed by atoms with Gasteiger partial charge in [0.1, 0.15) is 0 Å². The zero-order valence-corrected chi connectivity index (χ0v) is 10.7. The van der Waals surface area contributed by atoms with Gasteiger partial charge in [0.05, 0.1) is 17.1 Å². The molecule has 6 heteroatoms. The van der Waals surface area contributed by atoms with Gasteiger partial charge in [-0.05, 0) is 25.5 Å². The minimum absolute atomic E-state index is 0.175. The van der Waals surface area contributed by atoms with Crippen LogP contribution < -0.4 is 4.72 Å². The Kier molecular flexibility index (Phi) is 4.26. The summed E-state index contributed by atoms with van der Waals surface area (Å²) in [6.45, 7) is 2.30. The fourth-order valence-corrected chi connectivity index (χ4v) is 2.65. The fourth-order valence-electron chi connectivity index (χ4n) is 1.24. The van der Waals surface area contributed by atoms with E-state index in [0.29, 0.717) is 5.56 Å². The molecule has 0 heterocycles. The molecule has 0 aliphatic rings. The van der Waals surface area contributed by atoms with E-state index in [1.807, 2.05) is 0 Å². The van der Waals surface area contributed by atoms with Gasteiger partial charge >= 0.3 is 0 Å². The third-order valence-corrected chi connectivity index (χ3v) is 3.93. The number of sulfonamides is 1. The van der Waals surface area contributed by atoms with Crippen molar-refractivity contribution in [3.63, 3.8) is 0 Å². The first kappa shape index (κ1) is 14.1. The summed E-state index contributed by atoms with van der Waals surface area (Å²) in [6.07, 6.45) is 0. The second-order valence-corrected chi connectivity index (χ2v) is 5.98. The molecule has 1 aromatic carbocycles. The van der Waals surface area contributed by atoms with Crippen molar-refractivity contribution < 1.29 is 18.6 Å². The molecule has 17 heavy (non-hydrogen) atoms. The number of aryl methyl sites for hydroxylation is 1. The van der Waals surface area contributed by atoms with E-state index >= 15 is 0 Å². The highest BCUT2D eigenvalue weighted by Crippen LogP contribution is 2.14. The van der Waals surface area contributed by atoms with Crippen LogP contribution in [0, 0.1) is 6.92 Å². The van der Waals surface area contributed by atoms with Gasteiger partial charge < -0.3 is 10.2 Å². The van der Waals surface area contributed by atoms with E-state index in [1.54, 1.807) is 25.1 Å². The van der Waals surface area contributed by atoms with Crippen LogP contribution in [0.2, 0.25) is 0 Å². The van der Waals surface area contributed by atoms with E-state index < -0.39 is 22.2 Å². The van der Waals surface area contributed by atoms with Crippen LogP contribution in [-0.4, -0.2) is 37.4 Å². The van der Waals surface area contributed by atoms with Gasteiger partial charge in [-0.25, -0.2) is 13.1 Å². The normalized spacial score (nSPS) is 15.5. The molecule has 96 valence electrons. The van der Waals surface area contributed by atoms with Crippen molar-refractivity contribution >= 4 is 10.0 Å². The molecule has 0 fully saturated rings. The summed E-state index contributed by atoms with van der Waals surface area (Å²) in [5.74, 6) is 0. The van der Waals surface area contributed by atoms with Crippen LogP contribution in [0.4, 0.5) is 0 Å². The Bertz CT molecular complexity index is 482. The average Bonchev–Trinajstić information content (AvgIpc) is 2.27. The Balaban J connectivity index is 2.88. The zero-order valence-electron chi connectivity index (χ0n) is 9.84. The number of benzene rings is 1. The highest BCUT2D eigenvalue weighted by Gasteiger charge is 2.23. The number of nitrogens with one attached hydrogen (secondary N) is 1. The SMILES string of the molecule is Cc1ccccc1S(=O)(=O)NCC(C)(O)CO. The van der Waals surface area contributed by atoms with Crippen LogP contribution in [0.25, 0.3) is 0 Å². The van der Waals surface area contributed by atoms with Crippen LogP contribution in [0.5, 0.6) is 0 Å². The van der Waals surface area contributed by atoms with E-state index in [2.05, 4.69) is 4.72 Å². The van der Waals surface area contributed by atoms with Gasteiger partial charge in [-0.15, -0.1) is 0 Å². The van der Waals surface area contributed by atoms with Crippen molar-refractivity contribution in [3.05, 3.63) is 29.8 Å². The largest absolute Gasteiger partial charge is 0.393 e. The summed E-state index contributed by atoms with van der Waals surface area (Å²) in [5, 5.41) is 18.4. The quantitative estimate of drug-likeness (QED) is 0.695. The standard InChI is InChI=1S/C11H17NO4S/c1-9-5-3-4-6-10(9)17(15,16)12-7-11(2,14)8-13/h3-6,12-14H,7-8H2,1-2H3. The van der Waals surface area contributed by atoms with E-state index in [9.17, 15) is 13.5 Å². The Morgan fingerprint density at radius 3 is 2.47 bits per heavy atom. The molecule has 0 spiro atoms. The van der Waals surface area contributed by atoms with Crippen LogP contribution in [0.15, 0.2) is 29.2 Å². The summed E-state index contributed by atoms with van der Waals surface area (Å²) in [4.78, 5) is 0.175. The third kappa shape index (κ3) is 3.78. The molecule has 0 radical (unpaired) electrons. The van der Waals surface area contributed by atoms with Gasteiger partial charge in [-0.2, -0.15) is 0 Å². The van der Waals surface area contributed by atoms with Crippen molar-refractivity contribution in [2.45, 2.75) is 24.3 Å². The summed E-state index contributed by atoms with van der Waals surface area (Å²) >= 11 is 0. The molecule has 0 aliphatic carbocycles. The molecule has 1 rings (SSSR count). The van der Waals surface area contributed by atoms with Gasteiger partial charge in [-0.1, -0.05) is 18.2 Å². The zero-order chi connectivity index (χ0) is 13.1. The molecule has 3 N–H and O–H groups in total. The predicted molar refractivity (Wildman–Crippen MR) is 64.1 cm³/mol. The molecule has 1 unspecified atom stereocenters. The first-order valence-corrected chi connectivity index (χ1v) is 6.65. The lowest BCUT2D eigenvalue weighted by atomic mass is 10.1. The maximum atomic E-state index is 11.9. The second-order valence-electron chi connectivity index (χ2n) is 4.25. The molecule has 0 aromatic heterocycles. The van der Waals surface area contributed by atoms with Gasteiger partial charge in [0.2, 0.25) is 10.0 Å². The number of hydrogen-bond acceptors (Lipinski definition) is 4. The van der Waals surface area contributed by atoms with Crippen molar-refractivity contribution in [3.8, 4) is 0 Å². The average molecular weight is 259 g/mol. The van der Waals surface area contributed by atoms with E-state index in [4.69, 9.17) is 5.11 Å².